The van der Waals surface area contributed by atoms with E-state index in [1.165, 1.54) is 45.8 Å². The molecule has 1 aromatic carbocycles. The van der Waals surface area contributed by atoms with Crippen LogP contribution in [0.25, 0.3) is 5.00 Å². The number of hydrogen-bond acceptors (Lipinski definition) is 2. The molecular formula is C25H29N3OS. The average molecular weight is 420 g/mol. The molecule has 2 amide bonds. The van der Waals surface area contributed by atoms with Crippen molar-refractivity contribution in [3.63, 3.8) is 0 Å². The van der Waals surface area contributed by atoms with Crippen molar-refractivity contribution >= 4 is 17.4 Å². The quantitative estimate of drug-likeness (QED) is 0.564. The predicted molar refractivity (Wildman–Crippen MR) is 123 cm³/mol. The molecule has 5 rings (SSSR count). The van der Waals surface area contributed by atoms with E-state index in [0.29, 0.717) is 6.54 Å². The minimum absolute atomic E-state index is 0.00728. The van der Waals surface area contributed by atoms with Crippen LogP contribution in [0, 0.1) is 6.92 Å². The molecule has 5 heteroatoms. The molecule has 3 heterocycles. The predicted octanol–water partition coefficient (Wildman–Crippen LogP) is 5.75. The number of carbonyl (C=O) groups excluding carboxylic acids is 1. The van der Waals surface area contributed by atoms with Crippen molar-refractivity contribution in [1.29, 1.82) is 0 Å². The van der Waals surface area contributed by atoms with Crippen LogP contribution in [0.3, 0.4) is 0 Å². The third-order valence-electron chi connectivity index (χ3n) is 6.21. The summed E-state index contributed by atoms with van der Waals surface area (Å²) in [5.41, 5.74) is 6.38. The van der Waals surface area contributed by atoms with Gasteiger partial charge in [0.15, 0.2) is 0 Å². The van der Waals surface area contributed by atoms with Crippen molar-refractivity contribution in [2.24, 2.45) is 0 Å². The number of benzene rings is 1. The highest BCUT2D eigenvalue weighted by molar-refractivity contribution is 7.15. The molecule has 2 aliphatic rings. The molecule has 1 N–H and O–H groups in total. The SMILES string of the molecule is Cc1cccc([C@@H]2c3cccn3-c3sc4c(c3CN2C(=O)NC(C)C)CCCC4)c1. The fourth-order valence-electron chi connectivity index (χ4n) is 4.91. The maximum Gasteiger partial charge on any atom is 0.318 e. The first-order valence-corrected chi connectivity index (χ1v) is 11.8. The molecule has 2 aromatic heterocycles. The van der Waals surface area contributed by atoms with Gasteiger partial charge in [0.1, 0.15) is 5.00 Å². The highest BCUT2D eigenvalue weighted by Gasteiger charge is 2.36. The molecule has 0 bridgehead atoms. The number of nitrogens with one attached hydrogen (secondary N) is 1. The molecule has 0 fully saturated rings. The molecule has 1 aliphatic heterocycles. The lowest BCUT2D eigenvalue weighted by atomic mass is 9.95. The molecule has 1 aliphatic carbocycles. The van der Waals surface area contributed by atoms with Gasteiger partial charge in [-0.3, -0.25) is 0 Å². The Balaban J connectivity index is 1.71. The van der Waals surface area contributed by atoms with Gasteiger partial charge >= 0.3 is 6.03 Å². The van der Waals surface area contributed by atoms with Crippen LogP contribution in [0.4, 0.5) is 4.79 Å². The maximum absolute atomic E-state index is 13.5. The molecule has 0 saturated heterocycles. The third kappa shape index (κ3) is 3.25. The highest BCUT2D eigenvalue weighted by atomic mass is 32.1. The lowest BCUT2D eigenvalue weighted by molar-refractivity contribution is 0.178. The van der Waals surface area contributed by atoms with Crippen molar-refractivity contribution in [2.45, 2.75) is 65.1 Å². The van der Waals surface area contributed by atoms with Gasteiger partial charge in [0.05, 0.1) is 18.3 Å². The van der Waals surface area contributed by atoms with Gasteiger partial charge in [0.2, 0.25) is 0 Å². The molecule has 1 atom stereocenters. The van der Waals surface area contributed by atoms with E-state index < -0.39 is 0 Å². The van der Waals surface area contributed by atoms with Gasteiger partial charge in [-0.25, -0.2) is 4.79 Å². The van der Waals surface area contributed by atoms with Gasteiger partial charge in [0.25, 0.3) is 0 Å². The second-order valence-corrected chi connectivity index (χ2v) is 9.93. The first-order chi connectivity index (χ1) is 14.5. The van der Waals surface area contributed by atoms with E-state index >= 15 is 0 Å². The van der Waals surface area contributed by atoms with Crippen molar-refractivity contribution in [2.75, 3.05) is 0 Å². The van der Waals surface area contributed by atoms with Crippen LogP contribution >= 0.6 is 11.3 Å². The number of thiophene rings is 1. The molecular weight excluding hydrogens is 390 g/mol. The lowest BCUT2D eigenvalue weighted by Crippen LogP contribution is -2.44. The maximum atomic E-state index is 13.5. The Morgan fingerprint density at radius 3 is 2.77 bits per heavy atom. The van der Waals surface area contributed by atoms with E-state index in [1.54, 1.807) is 0 Å². The fraction of sp³-hybridized carbons (Fsp3) is 0.400. The summed E-state index contributed by atoms with van der Waals surface area (Å²) in [7, 11) is 0. The van der Waals surface area contributed by atoms with Crippen LogP contribution in [0.15, 0.2) is 42.6 Å². The number of nitrogens with zero attached hydrogens (tertiary/aromatic N) is 2. The van der Waals surface area contributed by atoms with Crippen molar-refractivity contribution in [3.8, 4) is 5.00 Å². The summed E-state index contributed by atoms with van der Waals surface area (Å²) in [6.45, 7) is 6.82. The average Bonchev–Trinajstić information content (AvgIpc) is 3.29. The van der Waals surface area contributed by atoms with Crippen LogP contribution in [0.2, 0.25) is 0 Å². The number of rotatable bonds is 2. The zero-order valence-corrected chi connectivity index (χ0v) is 18.8. The standard InChI is InChI=1S/C25H29N3OS/c1-16(2)26-25(29)28-15-20-19-10-4-5-12-22(19)30-24(20)27-13-7-11-21(27)23(28)18-9-6-8-17(3)14-18/h6-9,11,13-14,16,23H,4-5,10,12,15H2,1-3H3,(H,26,29)/t23-/m1/s1. The molecule has 156 valence electrons. The van der Waals surface area contributed by atoms with E-state index in [4.69, 9.17) is 0 Å². The Labute approximate surface area is 182 Å². The first-order valence-electron chi connectivity index (χ1n) is 11.0. The Kier molecular flexibility index (Phi) is 4.94. The summed E-state index contributed by atoms with van der Waals surface area (Å²) in [4.78, 5) is 17.0. The molecule has 0 unspecified atom stereocenters. The summed E-state index contributed by atoms with van der Waals surface area (Å²) in [5.74, 6) is 0. The van der Waals surface area contributed by atoms with Gasteiger partial charge < -0.3 is 14.8 Å². The molecule has 0 radical (unpaired) electrons. The zero-order chi connectivity index (χ0) is 20.8. The summed E-state index contributed by atoms with van der Waals surface area (Å²) in [6, 6.07) is 12.9. The van der Waals surface area contributed by atoms with Crippen LogP contribution < -0.4 is 5.32 Å². The molecule has 30 heavy (non-hydrogen) atoms. The minimum atomic E-state index is -0.113. The van der Waals surface area contributed by atoms with Gasteiger partial charge in [-0.2, -0.15) is 0 Å². The number of hydrogen-bond donors (Lipinski definition) is 1. The molecule has 3 aromatic rings. The number of carbonyl (C=O) groups is 1. The number of amides is 2. The van der Waals surface area contributed by atoms with Gasteiger partial charge in [-0.1, -0.05) is 29.8 Å². The van der Waals surface area contributed by atoms with Crippen molar-refractivity contribution in [3.05, 3.63) is 75.4 Å². The van der Waals surface area contributed by atoms with Crippen LogP contribution in [0.5, 0.6) is 0 Å². The lowest BCUT2D eigenvalue weighted by Gasteiger charge is -2.32. The van der Waals surface area contributed by atoms with Crippen molar-refractivity contribution in [1.82, 2.24) is 14.8 Å². The number of aromatic nitrogens is 1. The monoisotopic (exact) mass is 419 g/mol. The Bertz CT molecular complexity index is 1090. The number of fused-ring (bicyclic) bond motifs is 5. The Morgan fingerprint density at radius 2 is 1.97 bits per heavy atom. The van der Waals surface area contributed by atoms with E-state index in [2.05, 4.69) is 59.4 Å². The topological polar surface area (TPSA) is 37.3 Å². The number of aryl methyl sites for hydroxylation is 2. The molecule has 0 spiro atoms. The Hall–Kier alpha value is -2.53. The normalized spacial score (nSPS) is 17.9. The molecule has 4 nitrogen and oxygen atoms in total. The van der Waals surface area contributed by atoms with Crippen molar-refractivity contribution < 1.29 is 4.79 Å². The van der Waals surface area contributed by atoms with Crippen LogP contribution in [0.1, 0.15) is 65.6 Å². The van der Waals surface area contributed by atoms with E-state index in [0.717, 1.165) is 17.7 Å². The van der Waals surface area contributed by atoms with E-state index in [9.17, 15) is 4.79 Å². The summed E-state index contributed by atoms with van der Waals surface area (Å²) < 4.78 is 2.34. The Morgan fingerprint density at radius 1 is 1.13 bits per heavy atom. The molecule has 0 saturated carbocycles. The number of urea groups is 1. The third-order valence-corrected chi connectivity index (χ3v) is 7.54. The van der Waals surface area contributed by atoms with E-state index in [1.807, 2.05) is 30.1 Å². The highest BCUT2D eigenvalue weighted by Crippen LogP contribution is 2.44. The summed E-state index contributed by atoms with van der Waals surface area (Å²) >= 11 is 1.93. The largest absolute Gasteiger partial charge is 0.336 e. The van der Waals surface area contributed by atoms with Gasteiger partial charge in [-0.05, 0) is 69.7 Å². The zero-order valence-electron chi connectivity index (χ0n) is 17.9. The first kappa shape index (κ1) is 19.4. The summed E-state index contributed by atoms with van der Waals surface area (Å²) in [5, 5.41) is 4.47. The second-order valence-electron chi connectivity index (χ2n) is 8.85. The van der Waals surface area contributed by atoms with Gasteiger partial charge in [-0.15, -0.1) is 11.3 Å². The van der Waals surface area contributed by atoms with Gasteiger partial charge in [0, 0.05) is 22.7 Å². The second kappa shape index (κ2) is 7.62. The van der Waals surface area contributed by atoms with Crippen LogP contribution in [-0.4, -0.2) is 21.5 Å². The van der Waals surface area contributed by atoms with E-state index in [-0.39, 0.29) is 18.1 Å². The fourth-order valence-corrected chi connectivity index (χ4v) is 6.31. The smallest absolute Gasteiger partial charge is 0.318 e. The summed E-state index contributed by atoms with van der Waals surface area (Å²) in [6.07, 6.45) is 6.99. The van der Waals surface area contributed by atoms with Crippen LogP contribution in [-0.2, 0) is 19.4 Å². The minimum Gasteiger partial charge on any atom is -0.336 e.